The molecule has 0 bridgehead atoms. The molecule has 3 aliphatic rings. The number of amides is 2. The maximum absolute atomic E-state index is 13.2. The molecule has 2 saturated heterocycles. The van der Waals surface area contributed by atoms with Gasteiger partial charge in [-0.2, -0.15) is 0 Å². The number of piperidine rings is 2. The quantitative estimate of drug-likeness (QED) is 0.833. The van der Waals surface area contributed by atoms with Crippen molar-refractivity contribution in [3.63, 3.8) is 0 Å². The van der Waals surface area contributed by atoms with Gasteiger partial charge in [-0.25, -0.2) is 0 Å². The summed E-state index contributed by atoms with van der Waals surface area (Å²) in [5.74, 6) is 0.397. The first-order valence-electron chi connectivity index (χ1n) is 10.5. The fourth-order valence-electron chi connectivity index (χ4n) is 5.17. The predicted molar refractivity (Wildman–Crippen MR) is 110 cm³/mol. The number of carbonyl (C=O) groups excluding carboxylic acids is 2. The summed E-state index contributed by atoms with van der Waals surface area (Å²) in [7, 11) is 0. The fraction of sp³-hybridized carbons (Fsp3) is 0.571. The molecule has 2 aromatic heterocycles. The lowest BCUT2D eigenvalue weighted by Crippen LogP contribution is -2.63. The average Bonchev–Trinajstić information content (AvgIpc) is 3.40. The lowest BCUT2D eigenvalue weighted by atomic mass is 9.83. The van der Waals surface area contributed by atoms with Crippen LogP contribution in [0.4, 0.5) is 0 Å². The monoisotopic (exact) mass is 414 g/mol. The Morgan fingerprint density at radius 2 is 1.86 bits per heavy atom. The van der Waals surface area contributed by atoms with E-state index < -0.39 is 5.54 Å². The molecule has 154 valence electrons. The van der Waals surface area contributed by atoms with E-state index in [-0.39, 0.29) is 11.8 Å². The van der Waals surface area contributed by atoms with Crippen molar-refractivity contribution in [1.82, 2.24) is 15.0 Å². The van der Waals surface area contributed by atoms with E-state index in [0.717, 1.165) is 55.7 Å². The number of nitrogens with zero attached hydrogens (tertiary/aromatic N) is 3. The Labute approximate surface area is 173 Å². The smallest absolute Gasteiger partial charge is 0.276 e. The highest BCUT2D eigenvalue weighted by Gasteiger charge is 2.46. The van der Waals surface area contributed by atoms with E-state index in [4.69, 9.17) is 10.3 Å². The number of hydrogen-bond donors (Lipinski definition) is 1. The summed E-state index contributed by atoms with van der Waals surface area (Å²) in [6, 6.07) is 2.04. The number of carbonyl (C=O) groups is 2. The summed E-state index contributed by atoms with van der Waals surface area (Å²) in [6.07, 6.45) is 6.28. The van der Waals surface area contributed by atoms with E-state index in [9.17, 15) is 9.59 Å². The van der Waals surface area contributed by atoms with Gasteiger partial charge in [0.2, 0.25) is 5.91 Å². The molecule has 8 heteroatoms. The van der Waals surface area contributed by atoms with Crippen LogP contribution in [0.3, 0.4) is 0 Å². The van der Waals surface area contributed by atoms with Gasteiger partial charge in [-0.1, -0.05) is 11.6 Å². The zero-order valence-corrected chi connectivity index (χ0v) is 17.3. The largest absolute Gasteiger partial charge is 0.368 e. The Balaban J connectivity index is 1.34. The summed E-state index contributed by atoms with van der Waals surface area (Å²) in [4.78, 5) is 31.0. The molecule has 2 N–H and O–H groups in total. The van der Waals surface area contributed by atoms with Gasteiger partial charge in [0.25, 0.3) is 5.91 Å². The molecular formula is C21H26N4O3S. The summed E-state index contributed by atoms with van der Waals surface area (Å²) >= 11 is 1.72. The first kappa shape index (κ1) is 18.8. The Kier molecular flexibility index (Phi) is 4.70. The van der Waals surface area contributed by atoms with Crippen molar-refractivity contribution in [3.05, 3.63) is 27.6 Å². The summed E-state index contributed by atoms with van der Waals surface area (Å²) in [5, 5.41) is 6.20. The van der Waals surface area contributed by atoms with Crippen LogP contribution in [0.15, 0.2) is 16.0 Å². The lowest BCUT2D eigenvalue weighted by molar-refractivity contribution is -0.134. The van der Waals surface area contributed by atoms with Gasteiger partial charge in [0.15, 0.2) is 11.5 Å². The summed E-state index contributed by atoms with van der Waals surface area (Å²) in [6.45, 7) is 2.86. The van der Waals surface area contributed by atoms with Crippen molar-refractivity contribution in [3.8, 4) is 11.3 Å². The number of hydrogen-bond acceptors (Lipinski definition) is 6. The molecule has 0 aromatic carbocycles. The van der Waals surface area contributed by atoms with Crippen molar-refractivity contribution in [2.24, 2.45) is 5.73 Å². The highest BCUT2D eigenvalue weighted by atomic mass is 32.1. The first-order valence-corrected chi connectivity index (χ1v) is 11.4. The lowest BCUT2D eigenvalue weighted by Gasteiger charge is -2.48. The van der Waals surface area contributed by atoms with Crippen LogP contribution in [-0.2, 0) is 17.6 Å². The van der Waals surface area contributed by atoms with Crippen LogP contribution >= 0.6 is 11.3 Å². The standard InChI is InChI=1S/C21H26N4O3S/c22-20(27)21(25-9-2-1-3-10-25)7-11-24(12-8-21)19(26)17-15-4-5-16-14(6-13-29-16)18(15)28-23-17/h6,13H,1-5,7-12H2,(H2,22,27). The predicted octanol–water partition coefficient (Wildman–Crippen LogP) is 2.45. The zero-order valence-electron chi connectivity index (χ0n) is 16.5. The Morgan fingerprint density at radius 3 is 2.59 bits per heavy atom. The second kappa shape index (κ2) is 7.25. The van der Waals surface area contributed by atoms with Gasteiger partial charge in [-0.05, 0) is 63.1 Å². The first-order chi connectivity index (χ1) is 14.1. The second-order valence-electron chi connectivity index (χ2n) is 8.33. The van der Waals surface area contributed by atoms with E-state index >= 15 is 0 Å². The van der Waals surface area contributed by atoms with Crippen molar-refractivity contribution in [1.29, 1.82) is 0 Å². The molecule has 0 radical (unpaired) electrons. The van der Waals surface area contributed by atoms with Crippen LogP contribution in [-0.4, -0.2) is 58.5 Å². The molecule has 2 amide bonds. The van der Waals surface area contributed by atoms with Gasteiger partial charge < -0.3 is 15.2 Å². The average molecular weight is 415 g/mol. The van der Waals surface area contributed by atoms with Crippen molar-refractivity contribution in [2.45, 2.75) is 50.5 Å². The minimum absolute atomic E-state index is 0.0922. The Morgan fingerprint density at radius 1 is 1.10 bits per heavy atom. The number of fused-ring (bicyclic) bond motifs is 3. The molecule has 7 nitrogen and oxygen atoms in total. The van der Waals surface area contributed by atoms with Crippen LogP contribution in [0.25, 0.3) is 11.3 Å². The molecule has 2 aromatic rings. The molecule has 5 rings (SSSR count). The zero-order chi connectivity index (χ0) is 20.0. The third kappa shape index (κ3) is 3.00. The van der Waals surface area contributed by atoms with Gasteiger partial charge in [0, 0.05) is 29.1 Å². The number of nitrogens with two attached hydrogens (primary N) is 1. The summed E-state index contributed by atoms with van der Waals surface area (Å²) in [5.41, 5.74) is 7.67. The van der Waals surface area contributed by atoms with E-state index in [1.54, 1.807) is 11.3 Å². The van der Waals surface area contributed by atoms with Crippen molar-refractivity contribution in [2.75, 3.05) is 26.2 Å². The number of rotatable bonds is 3. The maximum Gasteiger partial charge on any atom is 0.276 e. The minimum Gasteiger partial charge on any atom is -0.368 e. The SMILES string of the molecule is NC(=O)C1(N2CCCCC2)CCN(C(=O)c2noc3c2CCc2sccc2-3)CC1. The Hall–Kier alpha value is -2.19. The molecule has 2 aliphatic heterocycles. The number of thiophene rings is 1. The van der Waals surface area contributed by atoms with E-state index in [1.165, 1.54) is 11.3 Å². The van der Waals surface area contributed by atoms with Gasteiger partial charge >= 0.3 is 0 Å². The maximum atomic E-state index is 13.2. The number of likely N-dealkylation sites (tertiary alicyclic amines) is 2. The summed E-state index contributed by atoms with van der Waals surface area (Å²) < 4.78 is 5.59. The van der Waals surface area contributed by atoms with Gasteiger partial charge in [-0.3, -0.25) is 14.5 Å². The van der Waals surface area contributed by atoms with Crippen LogP contribution in [0.5, 0.6) is 0 Å². The van der Waals surface area contributed by atoms with E-state index in [1.807, 2.05) is 11.0 Å². The van der Waals surface area contributed by atoms with Gasteiger partial charge in [-0.15, -0.1) is 11.3 Å². The van der Waals surface area contributed by atoms with E-state index in [2.05, 4.69) is 15.4 Å². The third-order valence-corrected chi connectivity index (χ3v) is 7.86. The molecule has 1 aliphatic carbocycles. The second-order valence-corrected chi connectivity index (χ2v) is 9.33. The highest BCUT2D eigenvalue weighted by Crippen LogP contribution is 2.39. The van der Waals surface area contributed by atoms with Crippen LogP contribution in [0.1, 0.15) is 53.0 Å². The molecule has 0 spiro atoms. The molecule has 0 saturated carbocycles. The number of aromatic nitrogens is 1. The van der Waals surface area contributed by atoms with Crippen LogP contribution in [0, 0.1) is 0 Å². The van der Waals surface area contributed by atoms with Gasteiger partial charge in [0.1, 0.15) is 5.54 Å². The van der Waals surface area contributed by atoms with Crippen LogP contribution < -0.4 is 5.73 Å². The number of aryl methyl sites for hydroxylation is 1. The van der Waals surface area contributed by atoms with Crippen molar-refractivity contribution < 1.29 is 14.1 Å². The molecule has 2 fully saturated rings. The fourth-order valence-corrected chi connectivity index (χ4v) is 6.04. The highest BCUT2D eigenvalue weighted by molar-refractivity contribution is 7.10. The normalized spacial score (nSPS) is 21.4. The molecule has 4 heterocycles. The molecule has 0 unspecified atom stereocenters. The number of primary amides is 1. The molecular weight excluding hydrogens is 388 g/mol. The minimum atomic E-state index is -0.619. The third-order valence-electron chi connectivity index (χ3n) is 6.88. The topological polar surface area (TPSA) is 92.7 Å². The molecule has 29 heavy (non-hydrogen) atoms. The van der Waals surface area contributed by atoms with Gasteiger partial charge in [0.05, 0.1) is 0 Å². The molecule has 0 atom stereocenters. The van der Waals surface area contributed by atoms with E-state index in [0.29, 0.717) is 31.6 Å². The van der Waals surface area contributed by atoms with Crippen molar-refractivity contribution >= 4 is 23.2 Å². The Bertz CT molecular complexity index is 936. The van der Waals surface area contributed by atoms with Crippen LogP contribution in [0.2, 0.25) is 0 Å².